The highest BCUT2D eigenvalue weighted by atomic mass is 14.2. The van der Waals surface area contributed by atoms with E-state index in [1.54, 1.807) is 0 Å². The minimum absolute atomic E-state index is 0.601. The molecule has 2 aliphatic rings. The maximum atomic E-state index is 2.38. The first-order valence-electron chi connectivity index (χ1n) is 4.62. The molecule has 0 heterocycles. The maximum Gasteiger partial charge on any atom is -0.000775 e. The standard InChI is InChI=1S/C12H14/c1-10-6-3-2-4-7-11-8-5-9-12(10)11/h2-4,6-7,9-10H,5,8H2,1H3. The highest BCUT2D eigenvalue weighted by molar-refractivity contribution is 5.42. The lowest BCUT2D eigenvalue weighted by Gasteiger charge is -2.11. The molecule has 62 valence electrons. The Balaban J connectivity index is 2.38. The van der Waals surface area contributed by atoms with Gasteiger partial charge in [-0.25, -0.2) is 0 Å². The smallest absolute Gasteiger partial charge is 0.000775 e. The molecule has 0 saturated heterocycles. The van der Waals surface area contributed by atoms with Crippen molar-refractivity contribution in [2.75, 3.05) is 0 Å². The molecule has 0 spiro atoms. The molecule has 0 aliphatic heterocycles. The fourth-order valence-electron chi connectivity index (χ4n) is 1.89. The van der Waals surface area contributed by atoms with Crippen molar-refractivity contribution >= 4 is 0 Å². The molecule has 0 radical (unpaired) electrons. The van der Waals surface area contributed by atoms with Gasteiger partial charge in [-0.05, 0) is 29.9 Å². The summed E-state index contributed by atoms with van der Waals surface area (Å²) in [5.41, 5.74) is 3.07. The first-order chi connectivity index (χ1) is 5.88. The summed E-state index contributed by atoms with van der Waals surface area (Å²) in [5.74, 6) is 0.601. The van der Waals surface area contributed by atoms with E-state index in [-0.39, 0.29) is 0 Å². The Kier molecular flexibility index (Phi) is 1.99. The molecule has 0 nitrogen and oxygen atoms in total. The third-order valence-corrected chi connectivity index (χ3v) is 2.56. The normalized spacial score (nSPS) is 27.2. The van der Waals surface area contributed by atoms with E-state index < -0.39 is 0 Å². The van der Waals surface area contributed by atoms with Crippen LogP contribution in [0.1, 0.15) is 19.8 Å². The van der Waals surface area contributed by atoms with Gasteiger partial charge in [-0.2, -0.15) is 0 Å². The Bertz CT molecular complexity index is 287. The topological polar surface area (TPSA) is 0 Å². The van der Waals surface area contributed by atoms with Gasteiger partial charge in [0.1, 0.15) is 0 Å². The Morgan fingerprint density at radius 1 is 1.25 bits per heavy atom. The quantitative estimate of drug-likeness (QED) is 0.507. The van der Waals surface area contributed by atoms with E-state index in [2.05, 4.69) is 43.4 Å². The number of rotatable bonds is 0. The van der Waals surface area contributed by atoms with Crippen molar-refractivity contribution in [1.29, 1.82) is 0 Å². The third kappa shape index (κ3) is 1.29. The number of allylic oxidation sites excluding steroid dienone is 8. The largest absolute Gasteiger partial charge is 0.0801 e. The molecule has 12 heavy (non-hydrogen) atoms. The van der Waals surface area contributed by atoms with Gasteiger partial charge in [-0.3, -0.25) is 0 Å². The average Bonchev–Trinajstić information content (AvgIpc) is 2.47. The van der Waals surface area contributed by atoms with Gasteiger partial charge < -0.3 is 0 Å². The lowest BCUT2D eigenvalue weighted by Crippen LogP contribution is -1.96. The zero-order valence-corrected chi connectivity index (χ0v) is 7.46. The molecule has 0 amide bonds. The summed E-state index contributed by atoms with van der Waals surface area (Å²) in [6.07, 6.45) is 15.7. The Morgan fingerprint density at radius 3 is 3.08 bits per heavy atom. The molecule has 2 rings (SSSR count). The van der Waals surface area contributed by atoms with E-state index in [9.17, 15) is 0 Å². The van der Waals surface area contributed by atoms with Gasteiger partial charge in [0.2, 0.25) is 0 Å². The fourth-order valence-corrected chi connectivity index (χ4v) is 1.89. The predicted molar refractivity (Wildman–Crippen MR) is 52.8 cm³/mol. The van der Waals surface area contributed by atoms with Crippen LogP contribution >= 0.6 is 0 Å². The van der Waals surface area contributed by atoms with Crippen LogP contribution in [0.5, 0.6) is 0 Å². The van der Waals surface area contributed by atoms with Crippen LogP contribution in [-0.2, 0) is 0 Å². The fraction of sp³-hybridized carbons (Fsp3) is 0.333. The van der Waals surface area contributed by atoms with Gasteiger partial charge >= 0.3 is 0 Å². The van der Waals surface area contributed by atoms with Crippen LogP contribution in [0.3, 0.4) is 0 Å². The van der Waals surface area contributed by atoms with Gasteiger partial charge in [0, 0.05) is 0 Å². The van der Waals surface area contributed by atoms with Crippen LogP contribution in [0.25, 0.3) is 0 Å². The van der Waals surface area contributed by atoms with Gasteiger partial charge in [0.15, 0.2) is 0 Å². The average molecular weight is 158 g/mol. The SMILES string of the molecule is CC1C=CC=CC=C2CCC=C21. The molecule has 2 aliphatic carbocycles. The van der Waals surface area contributed by atoms with Gasteiger partial charge in [0.05, 0.1) is 0 Å². The molecular formula is C12H14. The molecule has 0 aromatic rings. The zero-order chi connectivity index (χ0) is 8.39. The van der Waals surface area contributed by atoms with Crippen LogP contribution in [0.15, 0.2) is 47.6 Å². The monoisotopic (exact) mass is 158 g/mol. The van der Waals surface area contributed by atoms with Crippen molar-refractivity contribution in [3.8, 4) is 0 Å². The molecule has 0 heteroatoms. The summed E-state index contributed by atoms with van der Waals surface area (Å²) in [7, 11) is 0. The Labute approximate surface area is 74.0 Å². The predicted octanol–water partition coefficient (Wildman–Crippen LogP) is 3.40. The lowest BCUT2D eigenvalue weighted by atomic mass is 9.94. The van der Waals surface area contributed by atoms with Crippen LogP contribution in [-0.4, -0.2) is 0 Å². The number of hydrogen-bond donors (Lipinski definition) is 0. The second kappa shape index (κ2) is 3.14. The summed E-state index contributed by atoms with van der Waals surface area (Å²) < 4.78 is 0. The van der Waals surface area contributed by atoms with E-state index in [0.29, 0.717) is 5.92 Å². The number of hydrogen-bond acceptors (Lipinski definition) is 0. The second-order valence-corrected chi connectivity index (χ2v) is 3.45. The summed E-state index contributed by atoms with van der Waals surface area (Å²) in [6.45, 7) is 2.26. The van der Waals surface area contributed by atoms with Crippen LogP contribution in [0.2, 0.25) is 0 Å². The van der Waals surface area contributed by atoms with E-state index in [1.807, 2.05) is 0 Å². The Hall–Kier alpha value is -1.04. The maximum absolute atomic E-state index is 2.38. The summed E-state index contributed by atoms with van der Waals surface area (Å²) in [5, 5.41) is 0. The first-order valence-corrected chi connectivity index (χ1v) is 4.62. The molecule has 0 aromatic carbocycles. The third-order valence-electron chi connectivity index (χ3n) is 2.56. The molecule has 0 N–H and O–H groups in total. The molecule has 0 fully saturated rings. The first kappa shape index (κ1) is 7.60. The lowest BCUT2D eigenvalue weighted by molar-refractivity contribution is 0.873. The molecule has 1 atom stereocenters. The minimum atomic E-state index is 0.601. The Morgan fingerprint density at radius 2 is 2.17 bits per heavy atom. The van der Waals surface area contributed by atoms with Crippen molar-refractivity contribution in [1.82, 2.24) is 0 Å². The highest BCUT2D eigenvalue weighted by Crippen LogP contribution is 2.32. The molecular weight excluding hydrogens is 144 g/mol. The van der Waals surface area contributed by atoms with Crippen molar-refractivity contribution < 1.29 is 0 Å². The summed E-state index contributed by atoms with van der Waals surface area (Å²) >= 11 is 0. The summed E-state index contributed by atoms with van der Waals surface area (Å²) in [6, 6.07) is 0. The second-order valence-electron chi connectivity index (χ2n) is 3.45. The minimum Gasteiger partial charge on any atom is -0.0801 e. The zero-order valence-electron chi connectivity index (χ0n) is 7.46. The van der Waals surface area contributed by atoms with Crippen molar-refractivity contribution in [2.24, 2.45) is 5.92 Å². The molecule has 1 unspecified atom stereocenters. The highest BCUT2D eigenvalue weighted by Gasteiger charge is 2.15. The van der Waals surface area contributed by atoms with Gasteiger partial charge in [-0.15, -0.1) is 0 Å². The van der Waals surface area contributed by atoms with Gasteiger partial charge in [-0.1, -0.05) is 43.4 Å². The molecule has 0 aromatic heterocycles. The van der Waals surface area contributed by atoms with Crippen LogP contribution in [0.4, 0.5) is 0 Å². The van der Waals surface area contributed by atoms with Crippen molar-refractivity contribution in [2.45, 2.75) is 19.8 Å². The number of fused-ring (bicyclic) bond motifs is 1. The molecule has 0 bridgehead atoms. The van der Waals surface area contributed by atoms with E-state index in [0.717, 1.165) is 0 Å². The van der Waals surface area contributed by atoms with E-state index in [1.165, 1.54) is 24.0 Å². The van der Waals surface area contributed by atoms with E-state index in [4.69, 9.17) is 0 Å². The molecule has 0 saturated carbocycles. The van der Waals surface area contributed by atoms with Crippen molar-refractivity contribution in [3.63, 3.8) is 0 Å². The van der Waals surface area contributed by atoms with Gasteiger partial charge in [0.25, 0.3) is 0 Å². The van der Waals surface area contributed by atoms with Crippen LogP contribution < -0.4 is 0 Å². The van der Waals surface area contributed by atoms with E-state index >= 15 is 0 Å². The summed E-state index contributed by atoms with van der Waals surface area (Å²) in [4.78, 5) is 0. The van der Waals surface area contributed by atoms with Crippen LogP contribution in [0, 0.1) is 5.92 Å². The van der Waals surface area contributed by atoms with Crippen molar-refractivity contribution in [3.05, 3.63) is 47.6 Å².